The lowest BCUT2D eigenvalue weighted by atomic mass is 10.3. The van der Waals surface area contributed by atoms with Crippen LogP contribution in [0.1, 0.15) is 5.56 Å². The van der Waals surface area contributed by atoms with Crippen molar-refractivity contribution in [3.05, 3.63) is 30.1 Å². The van der Waals surface area contributed by atoms with Gasteiger partial charge in [0.1, 0.15) is 11.3 Å². The van der Waals surface area contributed by atoms with Gasteiger partial charge in [0.15, 0.2) is 5.82 Å². The molecule has 0 amide bonds. The lowest BCUT2D eigenvalue weighted by Crippen LogP contribution is -2.47. The maximum Gasteiger partial charge on any atom is 0.417 e. The van der Waals surface area contributed by atoms with Crippen LogP contribution in [0.2, 0.25) is 0 Å². The van der Waals surface area contributed by atoms with Crippen LogP contribution in [0.3, 0.4) is 0 Å². The average Bonchev–Trinajstić information content (AvgIpc) is 3.31. The predicted octanol–water partition coefficient (Wildman–Crippen LogP) is 1.63. The van der Waals surface area contributed by atoms with Gasteiger partial charge in [-0.1, -0.05) is 0 Å². The molecule has 4 heterocycles. The number of hydrogen-bond donors (Lipinski definition) is 1. The number of imidazole rings is 1. The van der Waals surface area contributed by atoms with E-state index in [0.29, 0.717) is 36.2 Å². The van der Waals surface area contributed by atoms with Crippen molar-refractivity contribution in [3.8, 4) is 11.5 Å². The first kappa shape index (κ1) is 21.0. The van der Waals surface area contributed by atoms with E-state index in [9.17, 15) is 21.6 Å². The molecule has 162 valence electrons. The van der Waals surface area contributed by atoms with Gasteiger partial charge >= 0.3 is 6.18 Å². The van der Waals surface area contributed by atoms with E-state index in [1.807, 2.05) is 4.90 Å². The van der Waals surface area contributed by atoms with Crippen molar-refractivity contribution >= 4 is 32.3 Å². The van der Waals surface area contributed by atoms with Crippen LogP contribution in [0, 0.1) is 0 Å². The van der Waals surface area contributed by atoms with Gasteiger partial charge in [-0.2, -0.15) is 22.5 Å². The van der Waals surface area contributed by atoms with E-state index in [0.717, 1.165) is 30.1 Å². The van der Waals surface area contributed by atoms with Gasteiger partial charge in [0, 0.05) is 37.4 Å². The van der Waals surface area contributed by atoms with Crippen molar-refractivity contribution in [2.45, 2.75) is 12.3 Å². The third kappa shape index (κ3) is 4.55. The van der Waals surface area contributed by atoms with Crippen LogP contribution < -0.4 is 9.62 Å². The fourth-order valence-electron chi connectivity index (χ4n) is 3.02. The first-order chi connectivity index (χ1) is 14.1. The number of halogens is 3. The Balaban J connectivity index is 1.55. The summed E-state index contributed by atoms with van der Waals surface area (Å²) >= 11 is 1.11. The maximum atomic E-state index is 13.1. The highest BCUT2D eigenvalue weighted by atomic mass is 32.2. The number of morpholine rings is 1. The van der Waals surface area contributed by atoms with Gasteiger partial charge in [0.05, 0.1) is 30.7 Å². The van der Waals surface area contributed by atoms with Crippen molar-refractivity contribution in [1.29, 1.82) is 0 Å². The molecule has 1 aliphatic heterocycles. The highest BCUT2D eigenvalue weighted by molar-refractivity contribution is 7.88. The van der Waals surface area contributed by atoms with E-state index in [4.69, 9.17) is 4.74 Å². The van der Waals surface area contributed by atoms with E-state index >= 15 is 0 Å². The molecule has 9 nitrogen and oxygen atoms in total. The molecule has 0 radical (unpaired) electrons. The van der Waals surface area contributed by atoms with Crippen LogP contribution in [-0.4, -0.2) is 65.8 Å². The summed E-state index contributed by atoms with van der Waals surface area (Å²) in [5, 5.41) is 0.569. The number of rotatable bonds is 5. The summed E-state index contributed by atoms with van der Waals surface area (Å²) in [6.07, 6.45) is -1.35. The molecular weight excluding hydrogens is 445 g/mol. The largest absolute Gasteiger partial charge is 0.417 e. The van der Waals surface area contributed by atoms with Crippen molar-refractivity contribution in [2.24, 2.45) is 0 Å². The van der Waals surface area contributed by atoms with Crippen molar-refractivity contribution in [1.82, 2.24) is 23.5 Å². The van der Waals surface area contributed by atoms with E-state index in [2.05, 4.69) is 19.1 Å². The van der Waals surface area contributed by atoms with Crippen LogP contribution in [0.25, 0.3) is 17.2 Å². The van der Waals surface area contributed by atoms with E-state index in [-0.39, 0.29) is 18.5 Å². The van der Waals surface area contributed by atoms with Crippen LogP contribution in [0.4, 0.5) is 18.3 Å². The third-order valence-corrected chi connectivity index (χ3v) is 5.93. The molecule has 1 fully saturated rings. The molecule has 0 saturated carbocycles. The highest BCUT2D eigenvalue weighted by Crippen LogP contribution is 2.31. The lowest BCUT2D eigenvalue weighted by Gasteiger charge is -2.32. The summed E-state index contributed by atoms with van der Waals surface area (Å²) in [7, 11) is -3.33. The van der Waals surface area contributed by atoms with Gasteiger partial charge in [0.25, 0.3) is 0 Å². The van der Waals surface area contributed by atoms with Crippen molar-refractivity contribution < 1.29 is 26.3 Å². The minimum absolute atomic E-state index is 0.133. The van der Waals surface area contributed by atoms with Gasteiger partial charge in [-0.3, -0.25) is 4.40 Å². The Hall–Kier alpha value is -2.29. The van der Waals surface area contributed by atoms with Gasteiger partial charge in [0.2, 0.25) is 15.2 Å². The molecule has 1 N–H and O–H groups in total. The number of sulfonamides is 1. The predicted molar refractivity (Wildman–Crippen MR) is 104 cm³/mol. The molecule has 14 heteroatoms. The minimum atomic E-state index is -4.47. The monoisotopic (exact) mass is 462 g/mol. The quantitative estimate of drug-likeness (QED) is 0.615. The normalized spacial score (nSPS) is 18.3. The zero-order valence-corrected chi connectivity index (χ0v) is 17.3. The standard InChI is InChI=1S/C16H17F3N6O3S2/c1-30(26,27)21-6-11-9-24(4-5-28-11)15-22-14(23-29-15)12-7-20-13-3-2-10(8-25(12)13)16(17,18)19/h2-3,7-8,11,21H,4-6,9H2,1H3. The van der Waals surface area contributed by atoms with Crippen LogP contribution >= 0.6 is 11.5 Å². The second-order valence-electron chi connectivity index (χ2n) is 6.75. The molecule has 3 aromatic heterocycles. The number of fused-ring (bicyclic) bond motifs is 1. The fourth-order valence-corrected chi connectivity index (χ4v) is 4.22. The van der Waals surface area contributed by atoms with Crippen LogP contribution in [0.15, 0.2) is 24.5 Å². The van der Waals surface area contributed by atoms with Crippen molar-refractivity contribution in [3.63, 3.8) is 0 Å². The molecule has 0 aromatic carbocycles. The highest BCUT2D eigenvalue weighted by Gasteiger charge is 2.31. The second-order valence-corrected chi connectivity index (χ2v) is 9.31. The molecule has 4 rings (SSSR count). The molecule has 1 unspecified atom stereocenters. The maximum absolute atomic E-state index is 13.1. The first-order valence-corrected chi connectivity index (χ1v) is 11.5. The molecule has 1 aliphatic rings. The van der Waals surface area contributed by atoms with Gasteiger partial charge in [-0.05, 0) is 12.1 Å². The summed E-state index contributed by atoms with van der Waals surface area (Å²) in [6.45, 7) is 1.46. The number of nitrogens with one attached hydrogen (secondary N) is 1. The zero-order valence-electron chi connectivity index (χ0n) is 15.6. The number of alkyl halides is 3. The average molecular weight is 462 g/mol. The molecule has 0 aliphatic carbocycles. The summed E-state index contributed by atoms with van der Waals surface area (Å²) in [4.78, 5) is 10.5. The van der Waals surface area contributed by atoms with E-state index in [1.54, 1.807) is 0 Å². The Labute approximate surface area is 173 Å². The molecule has 0 spiro atoms. The van der Waals surface area contributed by atoms with Gasteiger partial charge in [-0.15, -0.1) is 0 Å². The summed E-state index contributed by atoms with van der Waals surface area (Å²) in [5.74, 6) is 0.263. The number of ether oxygens (including phenoxy) is 1. The number of hydrogen-bond acceptors (Lipinski definition) is 8. The van der Waals surface area contributed by atoms with Gasteiger partial charge < -0.3 is 9.64 Å². The topological polar surface area (TPSA) is 102 Å². The van der Waals surface area contributed by atoms with Crippen LogP contribution in [-0.2, 0) is 20.9 Å². The lowest BCUT2D eigenvalue weighted by molar-refractivity contribution is -0.137. The Morgan fingerprint density at radius 3 is 2.90 bits per heavy atom. The summed E-state index contributed by atoms with van der Waals surface area (Å²) in [6, 6.07) is 2.27. The molecular formula is C16H17F3N6O3S2. The molecule has 30 heavy (non-hydrogen) atoms. The molecule has 0 bridgehead atoms. The minimum Gasteiger partial charge on any atom is -0.373 e. The Morgan fingerprint density at radius 1 is 1.37 bits per heavy atom. The Kier molecular flexibility index (Phi) is 5.42. The number of anilines is 1. The van der Waals surface area contributed by atoms with Crippen LogP contribution in [0.5, 0.6) is 0 Å². The van der Waals surface area contributed by atoms with E-state index < -0.39 is 21.8 Å². The smallest absolute Gasteiger partial charge is 0.373 e. The Bertz CT molecular complexity index is 1160. The van der Waals surface area contributed by atoms with E-state index in [1.165, 1.54) is 16.7 Å². The molecule has 3 aromatic rings. The number of pyridine rings is 1. The molecule has 1 saturated heterocycles. The fraction of sp³-hybridized carbons (Fsp3) is 0.438. The summed E-state index contributed by atoms with van der Waals surface area (Å²) in [5.41, 5.74) is -0.0890. The zero-order chi connectivity index (χ0) is 21.5. The summed E-state index contributed by atoms with van der Waals surface area (Å²) < 4.78 is 75.3. The SMILES string of the molecule is CS(=O)(=O)NCC1CN(c2nc(-c3cnc4ccc(C(F)(F)F)cn34)ns2)CCO1. The first-order valence-electron chi connectivity index (χ1n) is 8.80. The second kappa shape index (κ2) is 7.76. The molecule has 1 atom stereocenters. The third-order valence-electron chi connectivity index (χ3n) is 4.46. The van der Waals surface area contributed by atoms with Gasteiger partial charge in [-0.25, -0.2) is 18.1 Å². The number of aromatic nitrogens is 4. The van der Waals surface area contributed by atoms with Crippen molar-refractivity contribution in [2.75, 3.05) is 37.4 Å². The number of nitrogens with zero attached hydrogens (tertiary/aromatic N) is 5. The Morgan fingerprint density at radius 2 is 2.17 bits per heavy atom.